The molecule has 2 aromatic rings. The first-order valence-corrected chi connectivity index (χ1v) is 7.41. The SMILES string of the molecule is C[C@H](c1ccccc1)n1nnc(Cl)c1C(=O)OC1CCC1. The molecule has 0 unspecified atom stereocenters. The molecule has 0 radical (unpaired) electrons. The molecule has 5 nitrogen and oxygen atoms in total. The van der Waals surface area contributed by atoms with Crippen LogP contribution in [-0.4, -0.2) is 27.1 Å². The number of nitrogens with zero attached hydrogens (tertiary/aromatic N) is 3. The Morgan fingerprint density at radius 2 is 2.10 bits per heavy atom. The molecular formula is C15H16ClN3O2. The van der Waals surface area contributed by atoms with Crippen LogP contribution in [0.1, 0.15) is 48.3 Å². The maximum Gasteiger partial charge on any atom is 0.360 e. The third-order valence-electron chi connectivity index (χ3n) is 3.82. The highest BCUT2D eigenvalue weighted by atomic mass is 35.5. The van der Waals surface area contributed by atoms with Gasteiger partial charge in [-0.1, -0.05) is 47.1 Å². The molecule has 0 aliphatic heterocycles. The minimum absolute atomic E-state index is 0.00366. The summed E-state index contributed by atoms with van der Waals surface area (Å²) in [6.07, 6.45) is 2.94. The van der Waals surface area contributed by atoms with Crippen molar-refractivity contribution in [2.75, 3.05) is 0 Å². The quantitative estimate of drug-likeness (QED) is 0.814. The lowest BCUT2D eigenvalue weighted by Crippen LogP contribution is -2.27. The van der Waals surface area contributed by atoms with Gasteiger partial charge in [0.05, 0.1) is 6.04 Å². The molecule has 3 rings (SSSR count). The number of hydrogen-bond donors (Lipinski definition) is 0. The summed E-state index contributed by atoms with van der Waals surface area (Å²) in [5.74, 6) is -0.447. The van der Waals surface area contributed by atoms with Crippen LogP contribution >= 0.6 is 11.6 Å². The number of rotatable bonds is 4. The van der Waals surface area contributed by atoms with Crippen molar-refractivity contribution in [2.24, 2.45) is 0 Å². The van der Waals surface area contributed by atoms with Crippen molar-refractivity contribution < 1.29 is 9.53 Å². The highest BCUT2D eigenvalue weighted by Crippen LogP contribution is 2.26. The van der Waals surface area contributed by atoms with Crippen LogP contribution in [0.2, 0.25) is 5.15 Å². The Kier molecular flexibility index (Phi) is 3.92. The van der Waals surface area contributed by atoms with Crippen LogP contribution in [-0.2, 0) is 4.74 Å². The molecule has 0 spiro atoms. The molecule has 0 saturated heterocycles. The van der Waals surface area contributed by atoms with E-state index in [2.05, 4.69) is 10.3 Å². The van der Waals surface area contributed by atoms with E-state index in [-0.39, 0.29) is 23.0 Å². The zero-order chi connectivity index (χ0) is 14.8. The second kappa shape index (κ2) is 5.85. The van der Waals surface area contributed by atoms with Crippen molar-refractivity contribution in [3.05, 3.63) is 46.7 Å². The Balaban J connectivity index is 1.87. The van der Waals surface area contributed by atoms with Gasteiger partial charge in [-0.05, 0) is 31.7 Å². The molecule has 0 N–H and O–H groups in total. The number of carbonyl (C=O) groups is 1. The molecular weight excluding hydrogens is 290 g/mol. The van der Waals surface area contributed by atoms with E-state index in [1.807, 2.05) is 37.3 Å². The fourth-order valence-corrected chi connectivity index (χ4v) is 2.49. The van der Waals surface area contributed by atoms with Crippen LogP contribution < -0.4 is 0 Å². The number of hydrogen-bond acceptors (Lipinski definition) is 4. The molecule has 1 aliphatic carbocycles. The van der Waals surface area contributed by atoms with E-state index in [1.165, 1.54) is 4.68 Å². The van der Waals surface area contributed by atoms with Crippen LogP contribution in [0.4, 0.5) is 0 Å². The Morgan fingerprint density at radius 1 is 1.38 bits per heavy atom. The highest BCUT2D eigenvalue weighted by Gasteiger charge is 2.28. The molecule has 0 amide bonds. The number of esters is 1. The first-order chi connectivity index (χ1) is 10.2. The summed E-state index contributed by atoms with van der Waals surface area (Å²) in [6, 6.07) is 9.63. The molecule has 1 aromatic carbocycles. The van der Waals surface area contributed by atoms with Gasteiger partial charge in [-0.2, -0.15) is 0 Å². The van der Waals surface area contributed by atoms with E-state index in [9.17, 15) is 4.79 Å². The number of benzene rings is 1. The van der Waals surface area contributed by atoms with Crippen molar-refractivity contribution in [2.45, 2.75) is 38.3 Å². The van der Waals surface area contributed by atoms with Crippen molar-refractivity contribution in [1.29, 1.82) is 0 Å². The predicted molar refractivity (Wildman–Crippen MR) is 78.3 cm³/mol. The zero-order valence-electron chi connectivity index (χ0n) is 11.7. The van der Waals surface area contributed by atoms with Gasteiger partial charge in [-0.3, -0.25) is 0 Å². The van der Waals surface area contributed by atoms with E-state index >= 15 is 0 Å². The van der Waals surface area contributed by atoms with Gasteiger partial charge in [0.15, 0.2) is 10.8 Å². The van der Waals surface area contributed by atoms with Crippen molar-refractivity contribution in [3.63, 3.8) is 0 Å². The van der Waals surface area contributed by atoms with E-state index in [0.29, 0.717) is 0 Å². The van der Waals surface area contributed by atoms with Gasteiger partial charge in [0.2, 0.25) is 0 Å². The maximum atomic E-state index is 12.3. The maximum absolute atomic E-state index is 12.3. The molecule has 1 fully saturated rings. The Labute approximate surface area is 127 Å². The standard InChI is InChI=1S/C15H16ClN3O2/c1-10(11-6-3-2-4-7-11)19-13(14(16)17-18-19)15(20)21-12-8-5-9-12/h2-4,6-7,10,12H,5,8-9H2,1H3/t10-/m1/s1. The van der Waals surface area contributed by atoms with Crippen molar-refractivity contribution in [1.82, 2.24) is 15.0 Å². The summed E-state index contributed by atoms with van der Waals surface area (Å²) in [4.78, 5) is 12.3. The second-order valence-electron chi connectivity index (χ2n) is 5.22. The summed E-state index contributed by atoms with van der Waals surface area (Å²) in [5, 5.41) is 7.90. The van der Waals surface area contributed by atoms with Crippen LogP contribution in [0.15, 0.2) is 30.3 Å². The molecule has 1 heterocycles. The van der Waals surface area contributed by atoms with Crippen molar-refractivity contribution >= 4 is 17.6 Å². The molecule has 6 heteroatoms. The number of halogens is 1. The minimum atomic E-state index is -0.447. The topological polar surface area (TPSA) is 57.0 Å². The van der Waals surface area contributed by atoms with Crippen LogP contribution in [0.25, 0.3) is 0 Å². The van der Waals surface area contributed by atoms with Crippen molar-refractivity contribution in [3.8, 4) is 0 Å². The second-order valence-corrected chi connectivity index (χ2v) is 5.58. The minimum Gasteiger partial charge on any atom is -0.458 e. The van der Waals surface area contributed by atoms with E-state index < -0.39 is 5.97 Å². The van der Waals surface area contributed by atoms with Gasteiger partial charge in [0, 0.05) is 0 Å². The van der Waals surface area contributed by atoms with Gasteiger partial charge in [0.1, 0.15) is 6.10 Å². The predicted octanol–water partition coefficient (Wildman–Crippen LogP) is 3.25. The lowest BCUT2D eigenvalue weighted by atomic mass is 9.96. The first-order valence-electron chi connectivity index (χ1n) is 7.03. The summed E-state index contributed by atoms with van der Waals surface area (Å²) in [5.41, 5.74) is 1.25. The van der Waals surface area contributed by atoms with Gasteiger partial charge >= 0.3 is 5.97 Å². The van der Waals surface area contributed by atoms with Crippen LogP contribution in [0.3, 0.4) is 0 Å². The van der Waals surface area contributed by atoms with Gasteiger partial charge in [-0.15, -0.1) is 5.10 Å². The molecule has 110 valence electrons. The highest BCUT2D eigenvalue weighted by molar-refractivity contribution is 6.32. The van der Waals surface area contributed by atoms with Gasteiger partial charge in [0.25, 0.3) is 0 Å². The fourth-order valence-electron chi connectivity index (χ4n) is 2.29. The van der Waals surface area contributed by atoms with Crippen LogP contribution in [0.5, 0.6) is 0 Å². The zero-order valence-corrected chi connectivity index (χ0v) is 12.5. The average molecular weight is 306 g/mol. The largest absolute Gasteiger partial charge is 0.458 e. The number of carbonyl (C=O) groups excluding carboxylic acids is 1. The molecule has 1 aromatic heterocycles. The summed E-state index contributed by atoms with van der Waals surface area (Å²) in [6.45, 7) is 1.94. The van der Waals surface area contributed by atoms with E-state index in [4.69, 9.17) is 16.3 Å². The fraction of sp³-hybridized carbons (Fsp3) is 0.400. The smallest absolute Gasteiger partial charge is 0.360 e. The Bertz CT molecular complexity index is 638. The van der Waals surface area contributed by atoms with E-state index in [0.717, 1.165) is 24.8 Å². The van der Waals surface area contributed by atoms with Gasteiger partial charge in [-0.25, -0.2) is 9.48 Å². The molecule has 0 bridgehead atoms. The Morgan fingerprint density at radius 3 is 2.71 bits per heavy atom. The lowest BCUT2D eigenvalue weighted by Gasteiger charge is -2.25. The molecule has 21 heavy (non-hydrogen) atoms. The normalized spacial score (nSPS) is 16.3. The Hall–Kier alpha value is -1.88. The average Bonchev–Trinajstić information content (AvgIpc) is 2.84. The van der Waals surface area contributed by atoms with Gasteiger partial charge < -0.3 is 4.74 Å². The van der Waals surface area contributed by atoms with Crippen LogP contribution in [0, 0.1) is 0 Å². The molecule has 1 atom stereocenters. The molecule has 1 aliphatic rings. The van der Waals surface area contributed by atoms with E-state index in [1.54, 1.807) is 0 Å². The summed E-state index contributed by atoms with van der Waals surface area (Å²) in [7, 11) is 0. The third-order valence-corrected chi connectivity index (χ3v) is 4.08. The summed E-state index contributed by atoms with van der Waals surface area (Å²) >= 11 is 6.02. The summed E-state index contributed by atoms with van der Waals surface area (Å²) < 4.78 is 6.94. The lowest BCUT2D eigenvalue weighted by molar-refractivity contribution is 0.00762. The first kappa shape index (κ1) is 14.1. The monoisotopic (exact) mass is 305 g/mol. The third kappa shape index (κ3) is 2.78. The number of ether oxygens (including phenoxy) is 1. The number of aromatic nitrogens is 3. The molecule has 1 saturated carbocycles.